The molecule has 1 unspecified atom stereocenters. The number of nitrogens with zero attached hydrogens (tertiary/aromatic N) is 1. The maximum atomic E-state index is 10.2. The molecule has 0 aliphatic heterocycles. The molecule has 1 aromatic carbocycles. The Morgan fingerprint density at radius 3 is 2.50 bits per heavy atom. The highest BCUT2D eigenvalue weighted by Gasteiger charge is 2.12. The molecule has 22 heavy (non-hydrogen) atoms. The molecule has 1 aliphatic rings. The van der Waals surface area contributed by atoms with E-state index in [2.05, 4.69) is 27.8 Å². The second kappa shape index (κ2) is 9.84. The number of nitrogens with one attached hydrogen (secondary N) is 2. The Kier molecular flexibility index (Phi) is 8.48. The van der Waals surface area contributed by atoms with Crippen LogP contribution in [0.25, 0.3) is 0 Å². The molecule has 4 nitrogen and oxygen atoms in total. The van der Waals surface area contributed by atoms with Gasteiger partial charge < -0.3 is 15.7 Å². The van der Waals surface area contributed by atoms with E-state index >= 15 is 0 Å². The zero-order valence-corrected chi connectivity index (χ0v) is 15.6. The summed E-state index contributed by atoms with van der Waals surface area (Å²) >= 11 is 0. The van der Waals surface area contributed by atoms with E-state index in [1.54, 1.807) is 0 Å². The average molecular weight is 415 g/mol. The Labute approximate surface area is 150 Å². The minimum atomic E-state index is -0.567. The molecule has 1 aliphatic carbocycles. The molecular formula is C17H26IN3O. The van der Waals surface area contributed by atoms with Gasteiger partial charge in [0.25, 0.3) is 0 Å². The third-order valence-electron chi connectivity index (χ3n) is 3.58. The van der Waals surface area contributed by atoms with E-state index in [1.165, 1.54) is 5.56 Å². The SMILES string of the molecule is CCNC(=NCC(O)c1ccc(C)cc1)NC1CC=CC1.I. The van der Waals surface area contributed by atoms with Gasteiger partial charge in [-0.05, 0) is 32.3 Å². The first-order chi connectivity index (χ1) is 10.2. The summed E-state index contributed by atoms with van der Waals surface area (Å²) in [5.74, 6) is 0.775. The molecule has 0 amide bonds. The number of halogens is 1. The van der Waals surface area contributed by atoms with Gasteiger partial charge >= 0.3 is 0 Å². The van der Waals surface area contributed by atoms with Crippen molar-refractivity contribution in [2.24, 2.45) is 4.99 Å². The van der Waals surface area contributed by atoms with Gasteiger partial charge in [0.05, 0.1) is 12.6 Å². The molecule has 1 aromatic rings. The van der Waals surface area contributed by atoms with E-state index in [4.69, 9.17) is 0 Å². The summed E-state index contributed by atoms with van der Waals surface area (Å²) in [6.07, 6.45) is 5.86. The normalized spacial score (nSPS) is 16.2. The zero-order valence-electron chi connectivity index (χ0n) is 13.2. The van der Waals surface area contributed by atoms with Crippen LogP contribution >= 0.6 is 24.0 Å². The fourth-order valence-electron chi connectivity index (χ4n) is 2.32. The van der Waals surface area contributed by atoms with Crippen LogP contribution < -0.4 is 10.6 Å². The molecule has 0 heterocycles. The Hall–Kier alpha value is -1.08. The lowest BCUT2D eigenvalue weighted by Gasteiger charge is -2.17. The molecule has 0 bridgehead atoms. The first-order valence-electron chi connectivity index (χ1n) is 7.63. The molecule has 2 rings (SSSR count). The van der Waals surface area contributed by atoms with Crippen molar-refractivity contribution in [3.8, 4) is 0 Å². The summed E-state index contributed by atoms with van der Waals surface area (Å²) in [7, 11) is 0. The fraction of sp³-hybridized carbons (Fsp3) is 0.471. The van der Waals surface area contributed by atoms with Crippen molar-refractivity contribution in [1.29, 1.82) is 0 Å². The zero-order chi connectivity index (χ0) is 15.1. The standard InChI is InChI=1S/C17H25N3O.HI/c1-3-18-17(20-15-6-4-5-7-15)19-12-16(21)14-10-8-13(2)9-11-14;/h4-5,8-11,15-16,21H,3,6-7,12H2,1-2H3,(H2,18,19,20);1H. The molecule has 0 spiro atoms. The number of rotatable bonds is 5. The van der Waals surface area contributed by atoms with Crippen LogP contribution in [0.2, 0.25) is 0 Å². The Morgan fingerprint density at radius 1 is 1.27 bits per heavy atom. The van der Waals surface area contributed by atoms with Crippen LogP contribution in [0.3, 0.4) is 0 Å². The third-order valence-corrected chi connectivity index (χ3v) is 3.58. The maximum Gasteiger partial charge on any atom is 0.191 e. The second-order valence-corrected chi connectivity index (χ2v) is 5.43. The predicted molar refractivity (Wildman–Crippen MR) is 103 cm³/mol. The fourth-order valence-corrected chi connectivity index (χ4v) is 2.32. The van der Waals surface area contributed by atoms with Crippen LogP contribution in [-0.4, -0.2) is 30.2 Å². The van der Waals surface area contributed by atoms with Crippen molar-refractivity contribution >= 4 is 29.9 Å². The van der Waals surface area contributed by atoms with Gasteiger partial charge in [0.15, 0.2) is 5.96 Å². The van der Waals surface area contributed by atoms with Crippen LogP contribution in [0.5, 0.6) is 0 Å². The number of benzene rings is 1. The van der Waals surface area contributed by atoms with E-state index in [-0.39, 0.29) is 24.0 Å². The lowest BCUT2D eigenvalue weighted by atomic mass is 10.1. The van der Waals surface area contributed by atoms with Crippen molar-refractivity contribution in [2.75, 3.05) is 13.1 Å². The van der Waals surface area contributed by atoms with E-state index in [1.807, 2.05) is 38.1 Å². The predicted octanol–water partition coefficient (Wildman–Crippen LogP) is 2.92. The van der Waals surface area contributed by atoms with Crippen LogP contribution in [0.4, 0.5) is 0 Å². The average Bonchev–Trinajstić information content (AvgIpc) is 2.98. The van der Waals surface area contributed by atoms with Gasteiger partial charge in [0.2, 0.25) is 0 Å². The highest BCUT2D eigenvalue weighted by molar-refractivity contribution is 14.0. The first-order valence-corrected chi connectivity index (χ1v) is 7.63. The largest absolute Gasteiger partial charge is 0.386 e. The first kappa shape index (κ1) is 19.0. The number of aliphatic imine (C=N–C) groups is 1. The van der Waals surface area contributed by atoms with E-state index in [0.717, 1.165) is 30.9 Å². The lowest BCUT2D eigenvalue weighted by molar-refractivity contribution is 0.187. The number of hydrogen-bond donors (Lipinski definition) is 3. The second-order valence-electron chi connectivity index (χ2n) is 5.43. The molecule has 0 fully saturated rings. The van der Waals surface area contributed by atoms with Gasteiger partial charge in [-0.15, -0.1) is 24.0 Å². The molecule has 5 heteroatoms. The number of aliphatic hydroxyl groups is 1. The summed E-state index contributed by atoms with van der Waals surface area (Å²) in [5, 5.41) is 16.8. The van der Waals surface area contributed by atoms with Gasteiger partial charge in [-0.25, -0.2) is 0 Å². The molecule has 1 atom stereocenters. The van der Waals surface area contributed by atoms with Crippen molar-refractivity contribution < 1.29 is 5.11 Å². The molecular weight excluding hydrogens is 389 g/mol. The Balaban J connectivity index is 0.00000242. The highest BCUT2D eigenvalue weighted by atomic mass is 127. The minimum Gasteiger partial charge on any atom is -0.386 e. The van der Waals surface area contributed by atoms with Crippen molar-refractivity contribution in [3.63, 3.8) is 0 Å². The van der Waals surface area contributed by atoms with E-state index in [9.17, 15) is 5.11 Å². The van der Waals surface area contributed by atoms with Gasteiger partial charge in [0.1, 0.15) is 0 Å². The van der Waals surface area contributed by atoms with Gasteiger partial charge in [0, 0.05) is 12.6 Å². The quantitative estimate of drug-likeness (QED) is 0.300. The summed E-state index contributed by atoms with van der Waals surface area (Å²) in [5.41, 5.74) is 2.10. The smallest absolute Gasteiger partial charge is 0.191 e. The number of aryl methyl sites for hydroxylation is 1. The number of hydrogen-bond acceptors (Lipinski definition) is 2. The molecule has 0 aromatic heterocycles. The summed E-state index contributed by atoms with van der Waals surface area (Å²) in [6, 6.07) is 8.35. The Morgan fingerprint density at radius 2 is 1.91 bits per heavy atom. The third kappa shape index (κ3) is 5.96. The summed E-state index contributed by atoms with van der Waals surface area (Å²) < 4.78 is 0. The van der Waals surface area contributed by atoms with Gasteiger partial charge in [-0.2, -0.15) is 0 Å². The lowest BCUT2D eigenvalue weighted by Crippen LogP contribution is -2.42. The van der Waals surface area contributed by atoms with Crippen molar-refractivity contribution in [2.45, 2.75) is 38.8 Å². The van der Waals surface area contributed by atoms with E-state index < -0.39 is 6.10 Å². The van der Waals surface area contributed by atoms with E-state index in [0.29, 0.717) is 12.6 Å². The van der Waals surface area contributed by atoms with Crippen molar-refractivity contribution in [3.05, 3.63) is 47.5 Å². The van der Waals surface area contributed by atoms with Gasteiger partial charge in [-0.3, -0.25) is 4.99 Å². The monoisotopic (exact) mass is 415 g/mol. The van der Waals surface area contributed by atoms with Gasteiger partial charge in [-0.1, -0.05) is 42.0 Å². The van der Waals surface area contributed by atoms with Crippen LogP contribution in [-0.2, 0) is 0 Å². The minimum absolute atomic E-state index is 0. The number of guanidine groups is 1. The molecule has 0 radical (unpaired) electrons. The summed E-state index contributed by atoms with van der Waals surface area (Å²) in [4.78, 5) is 4.49. The highest BCUT2D eigenvalue weighted by Crippen LogP contribution is 2.14. The number of aliphatic hydroxyl groups excluding tert-OH is 1. The topological polar surface area (TPSA) is 56.7 Å². The molecule has 122 valence electrons. The summed E-state index contributed by atoms with van der Waals surface area (Å²) in [6.45, 7) is 5.25. The molecule has 0 saturated heterocycles. The molecule has 0 saturated carbocycles. The Bertz CT molecular complexity index is 491. The van der Waals surface area contributed by atoms with Crippen LogP contribution in [0.1, 0.15) is 37.0 Å². The van der Waals surface area contributed by atoms with Crippen LogP contribution in [0.15, 0.2) is 41.4 Å². The maximum absolute atomic E-state index is 10.2. The molecule has 3 N–H and O–H groups in total. The van der Waals surface area contributed by atoms with Crippen LogP contribution in [0, 0.1) is 6.92 Å². The van der Waals surface area contributed by atoms with Crippen molar-refractivity contribution in [1.82, 2.24) is 10.6 Å².